The van der Waals surface area contributed by atoms with E-state index in [1.807, 2.05) is 18.2 Å². The third-order valence-electron chi connectivity index (χ3n) is 5.07. The van der Waals surface area contributed by atoms with E-state index >= 15 is 0 Å². The Hall–Kier alpha value is 0.0644. The van der Waals surface area contributed by atoms with Crippen LogP contribution in [0.4, 0.5) is 0 Å². The van der Waals surface area contributed by atoms with Crippen molar-refractivity contribution in [3.05, 3.63) is 30.3 Å². The van der Waals surface area contributed by atoms with Gasteiger partial charge in [0.2, 0.25) is 16.6 Å². The second-order valence-corrected chi connectivity index (χ2v) is 30.4. The van der Waals surface area contributed by atoms with Gasteiger partial charge in [0.05, 0.1) is 24.7 Å². The van der Waals surface area contributed by atoms with Crippen molar-refractivity contribution in [3.8, 4) is 0 Å². The quantitative estimate of drug-likeness (QED) is 0.339. The number of hydrogen-bond donors (Lipinski definition) is 0. The summed E-state index contributed by atoms with van der Waals surface area (Å²) < 4.78 is 38.9. The fourth-order valence-electron chi connectivity index (χ4n) is 3.64. The van der Waals surface area contributed by atoms with Gasteiger partial charge in [-0.3, -0.25) is 0 Å². The molecule has 0 spiro atoms. The van der Waals surface area contributed by atoms with Gasteiger partial charge in [-0.05, 0) is 58.9 Å². The molecule has 170 valence electrons. The molecule has 3 unspecified atom stereocenters. The lowest BCUT2D eigenvalue weighted by Gasteiger charge is -2.45. The van der Waals surface area contributed by atoms with Crippen molar-refractivity contribution in [2.24, 2.45) is 0 Å². The van der Waals surface area contributed by atoms with Crippen LogP contribution in [-0.2, 0) is 25.9 Å². The first-order chi connectivity index (χ1) is 13.6. The van der Waals surface area contributed by atoms with Crippen LogP contribution < -0.4 is 5.19 Å². The maximum Gasteiger partial charge on any atom is 0.507 e. The fourth-order valence-corrected chi connectivity index (χ4v) is 24.3. The maximum absolute atomic E-state index is 7.02. The molecule has 0 aliphatic carbocycles. The summed E-state index contributed by atoms with van der Waals surface area (Å²) in [6.45, 7) is 21.2. The molecule has 30 heavy (non-hydrogen) atoms. The van der Waals surface area contributed by atoms with Crippen LogP contribution in [0.2, 0.25) is 58.9 Å². The highest BCUT2D eigenvalue weighted by Gasteiger charge is 2.59. The standard InChI is InChI=1S/C19H38O6Si5/c1-26(2,3)22-30(17-13-11-10-12-14-17,24-28(6,7)19-16-21-19)25-29(8,9)23-27(4,5)18-15-20-18/h10-14,18-19H,15-16H2,1-9H3. The zero-order valence-electron chi connectivity index (χ0n) is 19.9. The average molecular weight is 503 g/mol. The topological polar surface area (TPSA) is 62.0 Å². The van der Waals surface area contributed by atoms with E-state index in [1.165, 1.54) is 0 Å². The SMILES string of the molecule is C[Si](C)(C)O[Si](O[Si](C)(C)O[Si](C)(C)C1CO1)(O[Si](C)(C)C1CO1)c1ccccc1. The number of ether oxygens (including phenoxy) is 2. The van der Waals surface area contributed by atoms with E-state index in [4.69, 9.17) is 25.9 Å². The van der Waals surface area contributed by atoms with Gasteiger partial charge in [0, 0.05) is 5.19 Å². The smallest absolute Gasteiger partial charge is 0.434 e. The molecule has 0 saturated carbocycles. The van der Waals surface area contributed by atoms with Crippen LogP contribution in [-0.4, -0.2) is 67.0 Å². The molecule has 0 amide bonds. The number of hydrogen-bond acceptors (Lipinski definition) is 6. The third-order valence-corrected chi connectivity index (χ3v) is 23.7. The van der Waals surface area contributed by atoms with Crippen molar-refractivity contribution in [2.75, 3.05) is 13.2 Å². The molecule has 6 nitrogen and oxygen atoms in total. The van der Waals surface area contributed by atoms with Crippen LogP contribution in [0, 0.1) is 0 Å². The summed E-state index contributed by atoms with van der Waals surface area (Å²) in [6.07, 6.45) is 0. The highest BCUT2D eigenvalue weighted by atomic mass is 28.5. The van der Waals surface area contributed by atoms with Crippen molar-refractivity contribution in [1.82, 2.24) is 0 Å². The van der Waals surface area contributed by atoms with Crippen molar-refractivity contribution in [2.45, 2.75) is 70.4 Å². The molecule has 2 fully saturated rings. The van der Waals surface area contributed by atoms with Crippen molar-refractivity contribution in [1.29, 1.82) is 0 Å². The number of benzene rings is 1. The van der Waals surface area contributed by atoms with E-state index in [-0.39, 0.29) is 11.5 Å². The van der Waals surface area contributed by atoms with Gasteiger partial charge in [0.15, 0.2) is 8.32 Å². The van der Waals surface area contributed by atoms with E-state index in [9.17, 15) is 0 Å². The second-order valence-electron chi connectivity index (χ2n) is 10.7. The predicted molar refractivity (Wildman–Crippen MR) is 131 cm³/mol. The summed E-state index contributed by atoms with van der Waals surface area (Å²) in [5, 5.41) is 1.01. The van der Waals surface area contributed by atoms with Crippen LogP contribution in [0.3, 0.4) is 0 Å². The molecular weight excluding hydrogens is 465 g/mol. The van der Waals surface area contributed by atoms with Crippen LogP contribution in [0.1, 0.15) is 0 Å². The normalized spacial score (nSPS) is 24.4. The Morgan fingerprint density at radius 2 is 1.13 bits per heavy atom. The first-order valence-electron chi connectivity index (χ1n) is 10.7. The van der Waals surface area contributed by atoms with E-state index in [0.717, 1.165) is 18.4 Å². The summed E-state index contributed by atoms with van der Waals surface area (Å²) in [4.78, 5) is 0. The molecule has 11 heteroatoms. The lowest BCUT2D eigenvalue weighted by atomic mass is 10.4. The summed E-state index contributed by atoms with van der Waals surface area (Å²) in [7, 11) is -12.1. The van der Waals surface area contributed by atoms with Crippen LogP contribution >= 0.6 is 0 Å². The van der Waals surface area contributed by atoms with Crippen LogP contribution in [0.5, 0.6) is 0 Å². The molecule has 1 aromatic rings. The lowest BCUT2D eigenvalue weighted by Crippen LogP contribution is -2.70. The number of rotatable bonds is 11. The molecule has 3 atom stereocenters. The molecule has 2 saturated heterocycles. The second kappa shape index (κ2) is 8.44. The van der Waals surface area contributed by atoms with E-state index in [0.29, 0.717) is 0 Å². The average Bonchev–Trinajstić information content (AvgIpc) is 3.45. The van der Waals surface area contributed by atoms with E-state index < -0.39 is 42.3 Å². The Bertz CT molecular complexity index is 731. The van der Waals surface area contributed by atoms with Gasteiger partial charge >= 0.3 is 17.4 Å². The third kappa shape index (κ3) is 6.54. The maximum atomic E-state index is 7.02. The minimum absolute atomic E-state index is 0.193. The molecule has 2 aliphatic rings. The zero-order chi connectivity index (χ0) is 22.4. The molecular formula is C19H38O6Si5. The van der Waals surface area contributed by atoms with Gasteiger partial charge in [-0.1, -0.05) is 30.3 Å². The highest BCUT2D eigenvalue weighted by Crippen LogP contribution is 2.33. The highest BCUT2D eigenvalue weighted by molar-refractivity contribution is 6.96. The summed E-state index contributed by atoms with van der Waals surface area (Å²) in [5.41, 5.74) is 0.448. The minimum Gasteiger partial charge on any atom is -0.434 e. The molecule has 0 N–H and O–H groups in total. The molecule has 2 aliphatic heterocycles. The van der Waals surface area contributed by atoms with Gasteiger partial charge in [-0.25, -0.2) is 0 Å². The van der Waals surface area contributed by atoms with Gasteiger partial charge in [0.1, 0.15) is 0 Å². The Morgan fingerprint density at radius 3 is 1.57 bits per heavy atom. The van der Waals surface area contributed by atoms with E-state index in [2.05, 4.69) is 71.1 Å². The minimum atomic E-state index is -3.25. The van der Waals surface area contributed by atoms with Crippen LogP contribution in [0.15, 0.2) is 30.3 Å². The van der Waals surface area contributed by atoms with Crippen molar-refractivity contribution >= 4 is 47.5 Å². The zero-order valence-corrected chi connectivity index (χ0v) is 24.9. The Labute approximate surface area is 187 Å². The van der Waals surface area contributed by atoms with E-state index in [1.54, 1.807) is 0 Å². The molecule has 0 radical (unpaired) electrons. The van der Waals surface area contributed by atoms with Gasteiger partial charge in [-0.2, -0.15) is 0 Å². The van der Waals surface area contributed by atoms with Gasteiger partial charge in [0.25, 0.3) is 0 Å². The summed E-state index contributed by atoms with van der Waals surface area (Å²) in [6, 6.07) is 10.3. The Balaban J connectivity index is 1.99. The van der Waals surface area contributed by atoms with Gasteiger partial charge in [-0.15, -0.1) is 0 Å². The largest absolute Gasteiger partial charge is 0.507 e. The molecule has 1 aromatic carbocycles. The molecule has 0 aromatic heterocycles. The summed E-state index contributed by atoms with van der Waals surface area (Å²) >= 11 is 0. The van der Waals surface area contributed by atoms with Crippen LogP contribution in [0.25, 0.3) is 0 Å². The van der Waals surface area contributed by atoms with Crippen molar-refractivity contribution < 1.29 is 25.9 Å². The molecule has 3 rings (SSSR count). The monoisotopic (exact) mass is 502 g/mol. The Kier molecular flexibility index (Phi) is 6.95. The molecule has 2 heterocycles. The van der Waals surface area contributed by atoms with Crippen molar-refractivity contribution in [3.63, 3.8) is 0 Å². The first kappa shape index (κ1) is 24.7. The summed E-state index contributed by atoms with van der Waals surface area (Å²) in [5.74, 6) is 0. The number of epoxide rings is 2. The van der Waals surface area contributed by atoms with Gasteiger partial charge < -0.3 is 25.9 Å². The lowest BCUT2D eigenvalue weighted by molar-refractivity contribution is 0.237. The Morgan fingerprint density at radius 1 is 0.667 bits per heavy atom. The first-order valence-corrected chi connectivity index (χ1v) is 24.7. The predicted octanol–water partition coefficient (Wildman–Crippen LogP) is 3.72. The molecule has 0 bridgehead atoms. The fraction of sp³-hybridized carbons (Fsp3) is 0.684.